The smallest absolute Gasteiger partial charge is 0.0547 e. The SMILES string of the molecule is Clc1cc2ccc(-c3ccc4c5ccccc5n(-c5ccccc5)c4c3)c3ccc4c(-c5ccc6c7ccccc7n(-c7ccccc7)c6c5)ccc1c4c23. The van der Waals surface area contributed by atoms with Gasteiger partial charge in [0.05, 0.1) is 22.1 Å². The molecule has 3 heteroatoms. The molecule has 12 rings (SSSR count). The van der Waals surface area contributed by atoms with Crippen LogP contribution < -0.4 is 0 Å². The summed E-state index contributed by atoms with van der Waals surface area (Å²) < 4.78 is 4.78. The summed E-state index contributed by atoms with van der Waals surface area (Å²) in [6.45, 7) is 0. The third kappa shape index (κ3) is 4.37. The van der Waals surface area contributed by atoms with Crippen LogP contribution in [0.5, 0.6) is 0 Å². The highest BCUT2D eigenvalue weighted by Gasteiger charge is 2.20. The van der Waals surface area contributed by atoms with Crippen LogP contribution in [0.25, 0.3) is 110 Å². The van der Waals surface area contributed by atoms with Crippen LogP contribution in [-0.4, -0.2) is 9.13 Å². The Morgan fingerprint density at radius 2 is 0.745 bits per heavy atom. The van der Waals surface area contributed by atoms with Gasteiger partial charge in [0, 0.05) is 43.3 Å². The van der Waals surface area contributed by atoms with Crippen LogP contribution in [0.1, 0.15) is 0 Å². The summed E-state index contributed by atoms with van der Waals surface area (Å²) in [5.41, 5.74) is 11.9. The molecule has 2 aromatic heterocycles. The van der Waals surface area contributed by atoms with Gasteiger partial charge in [0.2, 0.25) is 0 Å². The Bertz CT molecular complexity index is 3480. The molecule has 55 heavy (non-hydrogen) atoms. The average Bonchev–Trinajstić information content (AvgIpc) is 3.75. The summed E-state index contributed by atoms with van der Waals surface area (Å²) in [6, 6.07) is 68.4. The van der Waals surface area contributed by atoms with E-state index in [0.29, 0.717) is 0 Å². The van der Waals surface area contributed by atoms with E-state index in [2.05, 4.69) is 197 Å². The normalized spacial score (nSPS) is 12.1. The Hall–Kier alpha value is -6.87. The van der Waals surface area contributed by atoms with E-state index in [1.165, 1.54) is 87.4 Å². The van der Waals surface area contributed by atoms with Crippen LogP contribution in [0.15, 0.2) is 188 Å². The van der Waals surface area contributed by atoms with E-state index in [4.69, 9.17) is 11.6 Å². The second-order valence-electron chi connectivity index (χ2n) is 14.6. The van der Waals surface area contributed by atoms with Crippen molar-refractivity contribution in [2.24, 2.45) is 0 Å². The van der Waals surface area contributed by atoms with Gasteiger partial charge in [0.1, 0.15) is 0 Å². The second kappa shape index (κ2) is 11.6. The molecule has 12 aromatic rings. The number of aromatic nitrogens is 2. The summed E-state index contributed by atoms with van der Waals surface area (Å²) in [5.74, 6) is 0. The highest BCUT2D eigenvalue weighted by Crippen LogP contribution is 2.46. The number of benzene rings is 10. The van der Waals surface area contributed by atoms with Crippen LogP contribution in [0.2, 0.25) is 5.02 Å². The molecule has 0 atom stereocenters. The number of para-hydroxylation sites is 4. The van der Waals surface area contributed by atoms with E-state index >= 15 is 0 Å². The van der Waals surface area contributed by atoms with Gasteiger partial charge in [-0.1, -0.05) is 145 Å². The van der Waals surface area contributed by atoms with Crippen LogP contribution in [-0.2, 0) is 0 Å². The summed E-state index contributed by atoms with van der Waals surface area (Å²) >= 11 is 7.10. The minimum absolute atomic E-state index is 0.776. The fourth-order valence-corrected chi connectivity index (χ4v) is 9.62. The lowest BCUT2D eigenvalue weighted by Gasteiger charge is -2.18. The summed E-state index contributed by atoms with van der Waals surface area (Å²) in [6.07, 6.45) is 0. The summed E-state index contributed by atoms with van der Waals surface area (Å²) in [7, 11) is 0. The number of nitrogens with zero attached hydrogens (tertiary/aromatic N) is 2. The van der Waals surface area contributed by atoms with E-state index < -0.39 is 0 Å². The van der Waals surface area contributed by atoms with Crippen molar-refractivity contribution < 1.29 is 0 Å². The van der Waals surface area contributed by atoms with Crippen molar-refractivity contribution in [3.8, 4) is 33.6 Å². The van der Waals surface area contributed by atoms with Gasteiger partial charge in [-0.25, -0.2) is 0 Å². The first-order valence-corrected chi connectivity index (χ1v) is 19.2. The maximum absolute atomic E-state index is 7.10. The van der Waals surface area contributed by atoms with E-state index in [9.17, 15) is 0 Å². The van der Waals surface area contributed by atoms with Gasteiger partial charge in [-0.05, 0) is 104 Å². The van der Waals surface area contributed by atoms with E-state index in [1.54, 1.807) is 0 Å². The van der Waals surface area contributed by atoms with Crippen molar-refractivity contribution in [2.45, 2.75) is 0 Å². The van der Waals surface area contributed by atoms with E-state index in [-0.39, 0.29) is 0 Å². The zero-order valence-corrected chi connectivity index (χ0v) is 30.4. The predicted molar refractivity (Wildman–Crippen MR) is 235 cm³/mol. The number of hydrogen-bond acceptors (Lipinski definition) is 0. The Morgan fingerprint density at radius 1 is 0.309 bits per heavy atom. The lowest BCUT2D eigenvalue weighted by Crippen LogP contribution is -1.94. The van der Waals surface area contributed by atoms with Gasteiger partial charge in [-0.3, -0.25) is 0 Å². The number of halogens is 1. The Labute approximate surface area is 322 Å². The third-order valence-corrected chi connectivity index (χ3v) is 12.0. The Morgan fingerprint density at radius 3 is 1.31 bits per heavy atom. The molecule has 0 aliphatic rings. The molecule has 0 spiro atoms. The molecule has 0 aliphatic carbocycles. The lowest BCUT2D eigenvalue weighted by atomic mass is 9.87. The topological polar surface area (TPSA) is 9.86 Å². The largest absolute Gasteiger partial charge is 0.309 e. The van der Waals surface area contributed by atoms with Crippen LogP contribution in [0.3, 0.4) is 0 Å². The molecule has 0 radical (unpaired) electrons. The summed E-state index contributed by atoms with van der Waals surface area (Å²) in [4.78, 5) is 0. The zero-order valence-electron chi connectivity index (χ0n) is 29.7. The first-order chi connectivity index (χ1) is 27.2. The van der Waals surface area contributed by atoms with Crippen molar-refractivity contribution in [1.82, 2.24) is 9.13 Å². The highest BCUT2D eigenvalue weighted by molar-refractivity contribution is 6.41. The number of rotatable bonds is 4. The van der Waals surface area contributed by atoms with Gasteiger partial charge in [-0.2, -0.15) is 0 Å². The van der Waals surface area contributed by atoms with Gasteiger partial charge >= 0.3 is 0 Å². The lowest BCUT2D eigenvalue weighted by molar-refractivity contribution is 1.18. The molecule has 0 N–H and O–H groups in total. The van der Waals surface area contributed by atoms with Crippen molar-refractivity contribution in [3.05, 3.63) is 193 Å². The zero-order chi connectivity index (χ0) is 36.2. The second-order valence-corrected chi connectivity index (χ2v) is 15.0. The molecule has 0 amide bonds. The monoisotopic (exact) mass is 718 g/mol. The average molecular weight is 719 g/mol. The maximum Gasteiger partial charge on any atom is 0.0547 e. The molecular weight excluding hydrogens is 688 g/mol. The quantitative estimate of drug-likeness (QED) is 0.160. The summed E-state index contributed by atoms with van der Waals surface area (Å²) in [5, 5.41) is 12.9. The first-order valence-electron chi connectivity index (χ1n) is 18.8. The van der Waals surface area contributed by atoms with Crippen LogP contribution >= 0.6 is 11.6 Å². The number of fused-ring (bicyclic) bond motifs is 6. The Kier molecular flexibility index (Phi) is 6.43. The van der Waals surface area contributed by atoms with Crippen molar-refractivity contribution in [1.29, 1.82) is 0 Å². The highest BCUT2D eigenvalue weighted by atomic mass is 35.5. The fraction of sp³-hybridized carbons (Fsp3) is 0. The predicted octanol–water partition coefficient (Wildman–Crippen LogP) is 14.8. The molecular formula is C52H31ClN2. The minimum atomic E-state index is 0.776. The van der Waals surface area contributed by atoms with Gasteiger partial charge in [0.25, 0.3) is 0 Å². The number of hydrogen-bond donors (Lipinski definition) is 0. The maximum atomic E-state index is 7.10. The molecule has 0 saturated heterocycles. The van der Waals surface area contributed by atoms with Crippen molar-refractivity contribution in [2.75, 3.05) is 0 Å². The van der Waals surface area contributed by atoms with Crippen LogP contribution in [0.4, 0.5) is 0 Å². The van der Waals surface area contributed by atoms with Gasteiger partial charge in [0.15, 0.2) is 0 Å². The van der Waals surface area contributed by atoms with Crippen LogP contribution in [0, 0.1) is 0 Å². The molecule has 0 fully saturated rings. The van der Waals surface area contributed by atoms with E-state index in [0.717, 1.165) is 27.2 Å². The molecule has 0 aliphatic heterocycles. The van der Waals surface area contributed by atoms with Gasteiger partial charge < -0.3 is 9.13 Å². The molecule has 10 aromatic carbocycles. The third-order valence-electron chi connectivity index (χ3n) is 11.7. The van der Waals surface area contributed by atoms with Crippen molar-refractivity contribution in [3.63, 3.8) is 0 Å². The standard InChI is InChI=1S/C52H31ClN2/c53-46-29-34-21-22-37(32-19-23-41-39-15-7-9-17-47(39)54(49(41)30-32)35-11-3-1-4-12-35)43-26-27-44-38(25-28-45(46)52(44)51(34)43)33-20-24-42-40-16-8-10-18-48(40)55(50(42)31-33)36-13-5-2-6-14-36/h1-31H. The minimum Gasteiger partial charge on any atom is -0.309 e. The fourth-order valence-electron chi connectivity index (χ4n) is 9.34. The molecule has 0 bridgehead atoms. The molecule has 256 valence electrons. The van der Waals surface area contributed by atoms with E-state index in [1.807, 2.05) is 0 Å². The molecule has 2 heterocycles. The molecule has 2 nitrogen and oxygen atoms in total. The Balaban J connectivity index is 1.10. The molecule has 0 saturated carbocycles. The first kappa shape index (κ1) is 30.6. The van der Waals surface area contributed by atoms with Crippen molar-refractivity contribution >= 4 is 87.5 Å². The molecule has 0 unspecified atom stereocenters. The van der Waals surface area contributed by atoms with Gasteiger partial charge in [-0.15, -0.1) is 0 Å².